The Morgan fingerprint density at radius 1 is 0.356 bits per heavy atom. The monoisotopic (exact) mass is 837 g/mol. The van der Waals surface area contributed by atoms with Gasteiger partial charge in [-0.3, -0.25) is 4.79 Å². The van der Waals surface area contributed by atoms with Gasteiger partial charge in [0.2, 0.25) is 5.91 Å². The van der Waals surface area contributed by atoms with Crippen LogP contribution in [-0.2, 0) is 14.3 Å². The van der Waals surface area contributed by atoms with E-state index >= 15 is 0 Å². The number of ether oxygens (including phenoxy) is 2. The fraction of sp³-hybridized carbons (Fsp3) is 0.962. The van der Waals surface area contributed by atoms with Crippen molar-refractivity contribution in [1.82, 2.24) is 9.80 Å². The first kappa shape index (κ1) is 57.7. The van der Waals surface area contributed by atoms with Crippen molar-refractivity contribution in [2.24, 2.45) is 0 Å². The summed E-state index contributed by atoms with van der Waals surface area (Å²) < 4.78 is 10.5. The average molecular weight is 837 g/mol. The van der Waals surface area contributed by atoms with Gasteiger partial charge in [-0.05, 0) is 83.8 Å². The van der Waals surface area contributed by atoms with Gasteiger partial charge in [-0.25, -0.2) is 4.79 Å². The quantitative estimate of drug-likeness (QED) is 0.0486. The average Bonchev–Trinajstić information content (AvgIpc) is 3.24. The van der Waals surface area contributed by atoms with Gasteiger partial charge in [0.1, 0.15) is 0 Å². The zero-order chi connectivity index (χ0) is 43.0. The minimum absolute atomic E-state index is 0.296. The molecule has 0 aromatic rings. The molecule has 0 aliphatic rings. The summed E-state index contributed by atoms with van der Waals surface area (Å²) in [5.74, 6) is 0.405. The summed E-state index contributed by atoms with van der Waals surface area (Å²) in [6, 6.07) is 0. The Hall–Kier alpha value is -1.34. The fourth-order valence-electron chi connectivity index (χ4n) is 8.23. The third-order valence-corrected chi connectivity index (χ3v) is 12.2. The summed E-state index contributed by atoms with van der Waals surface area (Å²) in [7, 11) is 0. The predicted octanol–water partition coefficient (Wildman–Crippen LogP) is 15.5. The Bertz CT molecular complexity index is 822. The molecule has 0 saturated heterocycles. The van der Waals surface area contributed by atoms with Crippen molar-refractivity contribution < 1.29 is 24.2 Å². The number of aliphatic hydroxyl groups is 1. The number of carbonyl (C=O) groups is 2. The summed E-state index contributed by atoms with van der Waals surface area (Å²) in [6.07, 6.45) is 47.2. The van der Waals surface area contributed by atoms with E-state index in [0.717, 1.165) is 90.5 Å². The van der Waals surface area contributed by atoms with Crippen LogP contribution in [0.15, 0.2) is 0 Å². The van der Waals surface area contributed by atoms with Crippen LogP contribution in [0.5, 0.6) is 0 Å². The van der Waals surface area contributed by atoms with Crippen LogP contribution in [-0.4, -0.2) is 79.5 Å². The highest BCUT2D eigenvalue weighted by molar-refractivity contribution is 5.76. The van der Waals surface area contributed by atoms with Gasteiger partial charge in [-0.15, -0.1) is 0 Å². The lowest BCUT2D eigenvalue weighted by molar-refractivity contribution is -0.131. The Labute approximate surface area is 368 Å². The molecule has 0 fully saturated rings. The molecular weight excluding hydrogens is 733 g/mol. The van der Waals surface area contributed by atoms with Gasteiger partial charge in [-0.2, -0.15) is 0 Å². The molecule has 1 N–H and O–H groups in total. The van der Waals surface area contributed by atoms with Crippen molar-refractivity contribution in [1.29, 1.82) is 0 Å². The third-order valence-electron chi connectivity index (χ3n) is 12.2. The minimum atomic E-state index is -0.502. The minimum Gasteiger partial charge on any atom is -0.434 e. The van der Waals surface area contributed by atoms with Gasteiger partial charge in [0.25, 0.3) is 0 Å². The summed E-state index contributed by atoms with van der Waals surface area (Å²) in [5, 5.41) is 9.24. The maximum absolute atomic E-state index is 13.3. The van der Waals surface area contributed by atoms with E-state index in [0.29, 0.717) is 25.7 Å². The second kappa shape index (κ2) is 49.3. The molecule has 0 saturated carbocycles. The zero-order valence-electron chi connectivity index (χ0n) is 40.2. The Balaban J connectivity index is 4.21. The van der Waals surface area contributed by atoms with Gasteiger partial charge in [0, 0.05) is 26.1 Å². The van der Waals surface area contributed by atoms with E-state index in [4.69, 9.17) is 9.47 Å². The van der Waals surface area contributed by atoms with Gasteiger partial charge >= 0.3 is 6.16 Å². The number of unbranched alkanes of at least 4 members (excludes halogenated alkanes) is 32. The first-order chi connectivity index (χ1) is 29.1. The molecule has 0 unspecified atom stereocenters. The van der Waals surface area contributed by atoms with Gasteiger partial charge in [-0.1, -0.05) is 201 Å². The molecule has 0 spiro atoms. The van der Waals surface area contributed by atoms with Crippen molar-refractivity contribution in [3.63, 3.8) is 0 Å². The molecule has 0 bridgehead atoms. The molecule has 0 aliphatic heterocycles. The normalized spacial score (nSPS) is 11.5. The molecule has 0 heterocycles. The number of nitrogens with zero attached hydrogens (tertiary/aromatic N) is 2. The van der Waals surface area contributed by atoms with Gasteiger partial charge in [0.05, 0.1) is 13.2 Å². The second-order valence-corrected chi connectivity index (χ2v) is 18.0. The van der Waals surface area contributed by atoms with E-state index in [2.05, 4.69) is 30.6 Å². The first-order valence-electron chi connectivity index (χ1n) is 26.5. The van der Waals surface area contributed by atoms with Crippen LogP contribution in [0, 0.1) is 0 Å². The predicted molar refractivity (Wildman–Crippen MR) is 254 cm³/mol. The highest BCUT2D eigenvalue weighted by atomic mass is 16.7. The molecule has 0 rings (SSSR count). The van der Waals surface area contributed by atoms with Crippen LogP contribution < -0.4 is 0 Å². The van der Waals surface area contributed by atoms with Crippen LogP contribution in [0.1, 0.15) is 271 Å². The van der Waals surface area contributed by atoms with Crippen molar-refractivity contribution in [2.45, 2.75) is 271 Å². The SMILES string of the molecule is CCCCCCCCCCOC(=O)OCCCCCCCCN(CCCCCO)CCCCCCCC(=O)N(CCCCCCCCCC)CCCCCCCCCC. The molecule has 0 radical (unpaired) electrons. The number of rotatable bonds is 49. The van der Waals surface area contributed by atoms with E-state index in [1.54, 1.807) is 0 Å². The smallest absolute Gasteiger partial charge is 0.434 e. The Kier molecular flexibility index (Phi) is 48.2. The van der Waals surface area contributed by atoms with Crippen molar-refractivity contribution in [3.05, 3.63) is 0 Å². The topological polar surface area (TPSA) is 79.3 Å². The largest absolute Gasteiger partial charge is 0.508 e. The van der Waals surface area contributed by atoms with Crippen LogP contribution in [0.2, 0.25) is 0 Å². The molecule has 0 aliphatic carbocycles. The van der Waals surface area contributed by atoms with E-state index < -0.39 is 6.16 Å². The lowest BCUT2D eigenvalue weighted by Gasteiger charge is -2.23. The van der Waals surface area contributed by atoms with E-state index in [1.807, 2.05) is 0 Å². The molecule has 0 aromatic carbocycles. The van der Waals surface area contributed by atoms with E-state index in [-0.39, 0.29) is 0 Å². The molecule has 1 amide bonds. The number of carbonyl (C=O) groups excluding carboxylic acids is 2. The lowest BCUT2D eigenvalue weighted by atomic mass is 10.1. The van der Waals surface area contributed by atoms with Crippen LogP contribution in [0.3, 0.4) is 0 Å². The van der Waals surface area contributed by atoms with Crippen molar-refractivity contribution >= 4 is 12.1 Å². The number of amides is 1. The highest BCUT2D eigenvalue weighted by Crippen LogP contribution is 2.15. The highest BCUT2D eigenvalue weighted by Gasteiger charge is 2.13. The molecule has 59 heavy (non-hydrogen) atoms. The van der Waals surface area contributed by atoms with E-state index in [1.165, 1.54) is 193 Å². The summed E-state index contributed by atoms with van der Waals surface area (Å²) >= 11 is 0. The van der Waals surface area contributed by atoms with Crippen LogP contribution >= 0.6 is 0 Å². The Morgan fingerprint density at radius 3 is 1.00 bits per heavy atom. The molecular formula is C52H104N2O5. The zero-order valence-corrected chi connectivity index (χ0v) is 40.2. The van der Waals surface area contributed by atoms with Gasteiger partial charge in [0.15, 0.2) is 0 Å². The fourth-order valence-corrected chi connectivity index (χ4v) is 8.23. The standard InChI is InChI=1S/C52H104N2O5/c1-4-7-10-13-16-19-28-37-46-54(47-38-29-20-17-14-11-8-5-2)51(56)42-33-25-24-27-35-44-53(45-36-32-39-48-55)43-34-26-21-23-31-41-50-59-52(57)58-49-40-30-22-18-15-12-9-6-3/h55H,4-50H2,1-3H3. The second-order valence-electron chi connectivity index (χ2n) is 18.0. The van der Waals surface area contributed by atoms with Crippen molar-refractivity contribution in [2.75, 3.05) is 52.5 Å². The van der Waals surface area contributed by atoms with Crippen molar-refractivity contribution in [3.8, 4) is 0 Å². The summed E-state index contributed by atoms with van der Waals surface area (Å²) in [5.41, 5.74) is 0. The first-order valence-corrected chi connectivity index (χ1v) is 26.5. The maximum Gasteiger partial charge on any atom is 0.508 e. The van der Waals surface area contributed by atoms with E-state index in [9.17, 15) is 14.7 Å². The number of hydrogen-bond acceptors (Lipinski definition) is 6. The summed E-state index contributed by atoms with van der Waals surface area (Å²) in [4.78, 5) is 30.1. The molecule has 0 atom stereocenters. The number of aliphatic hydroxyl groups excluding tert-OH is 1. The molecule has 352 valence electrons. The van der Waals surface area contributed by atoms with Crippen LogP contribution in [0.4, 0.5) is 4.79 Å². The molecule has 7 nitrogen and oxygen atoms in total. The van der Waals surface area contributed by atoms with Crippen LogP contribution in [0.25, 0.3) is 0 Å². The molecule has 7 heteroatoms. The third kappa shape index (κ3) is 44.5. The molecule has 0 aromatic heterocycles. The lowest BCUT2D eigenvalue weighted by Crippen LogP contribution is -2.32. The van der Waals surface area contributed by atoms with Gasteiger partial charge < -0.3 is 24.4 Å². The summed E-state index contributed by atoms with van der Waals surface area (Å²) in [6.45, 7) is 13.4. The Morgan fingerprint density at radius 2 is 0.644 bits per heavy atom. The number of hydrogen-bond donors (Lipinski definition) is 1. The maximum atomic E-state index is 13.3.